The standard InChI is InChI=1S/C21H41N5O.HI/c1-17-8-5-9-18(16-17)11-13-24-21(22-2)23-12-7-15-26-14-6-10-19(26)20(27)25(3)4;/h17-19H,5-16H2,1-4H3,(H2,22,23,24);1H. The normalized spacial score (nSPS) is 25.9. The molecule has 164 valence electrons. The van der Waals surface area contributed by atoms with Gasteiger partial charge in [-0.2, -0.15) is 0 Å². The fourth-order valence-corrected chi connectivity index (χ4v) is 4.60. The van der Waals surface area contributed by atoms with Crippen molar-refractivity contribution in [1.82, 2.24) is 20.4 Å². The van der Waals surface area contributed by atoms with Crippen LogP contribution in [-0.2, 0) is 4.79 Å². The Labute approximate surface area is 189 Å². The van der Waals surface area contributed by atoms with Gasteiger partial charge >= 0.3 is 0 Å². The Morgan fingerprint density at radius 1 is 1.14 bits per heavy atom. The van der Waals surface area contributed by atoms with Gasteiger partial charge < -0.3 is 15.5 Å². The molecule has 1 amide bonds. The molecule has 2 rings (SSSR count). The number of nitrogens with one attached hydrogen (secondary N) is 2. The van der Waals surface area contributed by atoms with Crippen LogP contribution in [0, 0.1) is 11.8 Å². The fourth-order valence-electron chi connectivity index (χ4n) is 4.60. The quantitative estimate of drug-likeness (QED) is 0.230. The number of guanidine groups is 1. The highest BCUT2D eigenvalue weighted by Gasteiger charge is 2.30. The molecule has 2 aliphatic rings. The van der Waals surface area contributed by atoms with Gasteiger partial charge in [-0.1, -0.05) is 26.2 Å². The van der Waals surface area contributed by atoms with E-state index in [1.165, 1.54) is 32.1 Å². The van der Waals surface area contributed by atoms with E-state index in [2.05, 4.69) is 27.4 Å². The highest BCUT2D eigenvalue weighted by atomic mass is 127. The minimum absolute atomic E-state index is 0. The highest BCUT2D eigenvalue weighted by molar-refractivity contribution is 14.0. The topological polar surface area (TPSA) is 60.0 Å². The van der Waals surface area contributed by atoms with Crippen LogP contribution in [0.2, 0.25) is 0 Å². The van der Waals surface area contributed by atoms with Crippen LogP contribution in [-0.4, -0.2) is 75.0 Å². The number of carbonyl (C=O) groups excluding carboxylic acids is 1. The smallest absolute Gasteiger partial charge is 0.239 e. The van der Waals surface area contributed by atoms with Crippen molar-refractivity contribution in [2.24, 2.45) is 16.8 Å². The van der Waals surface area contributed by atoms with Crippen molar-refractivity contribution in [3.63, 3.8) is 0 Å². The van der Waals surface area contributed by atoms with Gasteiger partial charge in [-0.3, -0.25) is 14.7 Å². The zero-order chi connectivity index (χ0) is 19.6. The number of likely N-dealkylation sites (tertiary alicyclic amines) is 1. The number of hydrogen-bond donors (Lipinski definition) is 2. The van der Waals surface area contributed by atoms with Crippen LogP contribution in [0.15, 0.2) is 4.99 Å². The summed E-state index contributed by atoms with van der Waals surface area (Å²) in [5.41, 5.74) is 0. The average molecular weight is 508 g/mol. The van der Waals surface area contributed by atoms with Crippen LogP contribution in [0.3, 0.4) is 0 Å². The maximum atomic E-state index is 12.3. The molecule has 1 saturated carbocycles. The van der Waals surface area contributed by atoms with E-state index in [0.717, 1.165) is 63.2 Å². The SMILES string of the molecule is CN=C(NCCCN1CCCC1C(=O)N(C)C)NCCC1CCCC(C)C1.I. The molecule has 0 spiro atoms. The van der Waals surface area contributed by atoms with Gasteiger partial charge in [0.2, 0.25) is 5.91 Å². The Bertz CT molecular complexity index is 485. The van der Waals surface area contributed by atoms with Gasteiger partial charge in [0.05, 0.1) is 6.04 Å². The van der Waals surface area contributed by atoms with Gasteiger partial charge in [0.1, 0.15) is 0 Å². The molecule has 0 aromatic rings. The summed E-state index contributed by atoms with van der Waals surface area (Å²) in [6, 6.07) is 0.0790. The summed E-state index contributed by atoms with van der Waals surface area (Å²) in [4.78, 5) is 20.7. The minimum atomic E-state index is 0. The van der Waals surface area contributed by atoms with Crippen LogP contribution in [0.1, 0.15) is 58.3 Å². The summed E-state index contributed by atoms with van der Waals surface area (Å²) in [6.07, 6.45) is 9.97. The summed E-state index contributed by atoms with van der Waals surface area (Å²) >= 11 is 0. The molecule has 28 heavy (non-hydrogen) atoms. The first-order valence-electron chi connectivity index (χ1n) is 10.9. The molecule has 2 fully saturated rings. The van der Waals surface area contributed by atoms with Crippen molar-refractivity contribution in [3.8, 4) is 0 Å². The van der Waals surface area contributed by atoms with Gasteiger partial charge in [0, 0.05) is 40.8 Å². The Morgan fingerprint density at radius 2 is 1.89 bits per heavy atom. The summed E-state index contributed by atoms with van der Waals surface area (Å²) in [5, 5.41) is 6.89. The number of rotatable bonds is 8. The van der Waals surface area contributed by atoms with Crippen LogP contribution < -0.4 is 10.6 Å². The Morgan fingerprint density at radius 3 is 2.57 bits per heavy atom. The van der Waals surface area contributed by atoms with Gasteiger partial charge in [-0.25, -0.2) is 0 Å². The number of carbonyl (C=O) groups is 1. The Balaban J connectivity index is 0.00000392. The number of nitrogens with zero attached hydrogens (tertiary/aromatic N) is 3. The third-order valence-corrected chi connectivity index (χ3v) is 6.12. The molecule has 6 nitrogen and oxygen atoms in total. The van der Waals surface area contributed by atoms with E-state index in [4.69, 9.17) is 0 Å². The van der Waals surface area contributed by atoms with Crippen molar-refractivity contribution >= 4 is 35.8 Å². The highest BCUT2D eigenvalue weighted by Crippen LogP contribution is 2.30. The molecule has 1 heterocycles. The predicted octanol–water partition coefficient (Wildman–Crippen LogP) is 2.93. The number of aliphatic imine (C=N–C) groups is 1. The van der Waals surface area contributed by atoms with E-state index in [1.807, 2.05) is 21.1 Å². The number of halogens is 1. The van der Waals surface area contributed by atoms with Gasteiger partial charge in [-0.05, 0) is 50.5 Å². The zero-order valence-electron chi connectivity index (χ0n) is 18.4. The lowest BCUT2D eigenvalue weighted by atomic mass is 9.81. The first-order chi connectivity index (χ1) is 13.0. The van der Waals surface area contributed by atoms with E-state index >= 15 is 0 Å². The first kappa shape index (κ1) is 25.5. The molecule has 2 N–H and O–H groups in total. The third-order valence-electron chi connectivity index (χ3n) is 6.12. The number of hydrogen-bond acceptors (Lipinski definition) is 3. The first-order valence-corrected chi connectivity index (χ1v) is 10.9. The largest absolute Gasteiger partial charge is 0.356 e. The molecular formula is C21H42IN5O. The van der Waals surface area contributed by atoms with Crippen molar-refractivity contribution in [3.05, 3.63) is 0 Å². The molecule has 0 aromatic carbocycles. The second-order valence-electron chi connectivity index (χ2n) is 8.63. The monoisotopic (exact) mass is 507 g/mol. The minimum Gasteiger partial charge on any atom is -0.356 e. The summed E-state index contributed by atoms with van der Waals surface area (Å²) in [6.45, 7) is 6.28. The molecular weight excluding hydrogens is 465 g/mol. The van der Waals surface area contributed by atoms with Crippen LogP contribution >= 0.6 is 24.0 Å². The lowest BCUT2D eigenvalue weighted by Gasteiger charge is -2.27. The Hall–Kier alpha value is -0.570. The van der Waals surface area contributed by atoms with Gasteiger partial charge in [-0.15, -0.1) is 24.0 Å². The molecule has 0 aromatic heterocycles. The molecule has 3 atom stereocenters. The van der Waals surface area contributed by atoms with Crippen molar-refractivity contribution < 1.29 is 4.79 Å². The van der Waals surface area contributed by atoms with E-state index in [0.29, 0.717) is 0 Å². The zero-order valence-corrected chi connectivity index (χ0v) is 20.7. The summed E-state index contributed by atoms with van der Waals surface area (Å²) in [7, 11) is 5.54. The van der Waals surface area contributed by atoms with Crippen LogP contribution in [0.25, 0.3) is 0 Å². The van der Waals surface area contributed by atoms with E-state index in [-0.39, 0.29) is 35.9 Å². The van der Waals surface area contributed by atoms with Crippen LogP contribution in [0.4, 0.5) is 0 Å². The predicted molar refractivity (Wildman–Crippen MR) is 128 cm³/mol. The van der Waals surface area contributed by atoms with Crippen molar-refractivity contribution in [2.45, 2.75) is 64.3 Å². The fraction of sp³-hybridized carbons (Fsp3) is 0.905. The Kier molecular flexibility index (Phi) is 12.4. The van der Waals surface area contributed by atoms with Gasteiger partial charge in [0.15, 0.2) is 5.96 Å². The average Bonchev–Trinajstić information content (AvgIpc) is 3.11. The lowest BCUT2D eigenvalue weighted by Crippen LogP contribution is -2.44. The number of amides is 1. The van der Waals surface area contributed by atoms with E-state index in [1.54, 1.807) is 4.90 Å². The molecule has 1 saturated heterocycles. The van der Waals surface area contributed by atoms with Crippen LogP contribution in [0.5, 0.6) is 0 Å². The lowest BCUT2D eigenvalue weighted by molar-refractivity contribution is -0.133. The summed E-state index contributed by atoms with van der Waals surface area (Å²) < 4.78 is 0. The number of likely N-dealkylation sites (N-methyl/N-ethyl adjacent to an activating group) is 1. The molecule has 3 unspecified atom stereocenters. The maximum absolute atomic E-state index is 12.3. The second-order valence-corrected chi connectivity index (χ2v) is 8.63. The van der Waals surface area contributed by atoms with Gasteiger partial charge in [0.25, 0.3) is 0 Å². The van der Waals surface area contributed by atoms with E-state index in [9.17, 15) is 4.79 Å². The van der Waals surface area contributed by atoms with Crippen molar-refractivity contribution in [2.75, 3.05) is 47.3 Å². The van der Waals surface area contributed by atoms with E-state index < -0.39 is 0 Å². The molecule has 1 aliphatic heterocycles. The molecule has 0 radical (unpaired) electrons. The third kappa shape index (κ3) is 8.43. The molecule has 1 aliphatic carbocycles. The molecule has 0 bridgehead atoms. The van der Waals surface area contributed by atoms with Crippen molar-refractivity contribution in [1.29, 1.82) is 0 Å². The maximum Gasteiger partial charge on any atom is 0.239 e. The second kappa shape index (κ2) is 13.6. The molecule has 7 heteroatoms. The summed E-state index contributed by atoms with van der Waals surface area (Å²) in [5.74, 6) is 2.92.